The molecule has 7 nitrogen and oxygen atoms in total. The number of rotatable bonds is 6. The third-order valence-electron chi connectivity index (χ3n) is 4.42. The second kappa shape index (κ2) is 8.10. The summed E-state index contributed by atoms with van der Waals surface area (Å²) >= 11 is 7.40. The molecule has 0 N–H and O–H groups in total. The van der Waals surface area contributed by atoms with Gasteiger partial charge in [-0.15, -0.1) is 11.3 Å². The molecule has 0 aliphatic carbocycles. The molecule has 2 aromatic heterocycles. The van der Waals surface area contributed by atoms with Crippen LogP contribution >= 0.6 is 22.9 Å². The van der Waals surface area contributed by atoms with Crippen LogP contribution in [0.2, 0.25) is 5.02 Å². The van der Waals surface area contributed by atoms with Crippen molar-refractivity contribution >= 4 is 38.6 Å². The van der Waals surface area contributed by atoms with Gasteiger partial charge in [0.2, 0.25) is 5.82 Å². The van der Waals surface area contributed by atoms with Gasteiger partial charge in [0.15, 0.2) is 0 Å². The van der Waals surface area contributed by atoms with Crippen LogP contribution in [0.4, 0.5) is 5.69 Å². The first-order chi connectivity index (χ1) is 14.4. The lowest BCUT2D eigenvalue weighted by Crippen LogP contribution is -2.26. The summed E-state index contributed by atoms with van der Waals surface area (Å²) in [6, 6.07) is 15.4. The van der Waals surface area contributed by atoms with Crippen LogP contribution in [-0.2, 0) is 10.0 Å². The molecule has 0 radical (unpaired) electrons. The van der Waals surface area contributed by atoms with Crippen LogP contribution < -0.4 is 9.04 Å². The second-order valence-electron chi connectivity index (χ2n) is 6.19. The van der Waals surface area contributed by atoms with Crippen LogP contribution in [0.5, 0.6) is 5.75 Å². The number of benzene rings is 2. The van der Waals surface area contributed by atoms with Crippen LogP contribution in [0.25, 0.3) is 22.2 Å². The SMILES string of the molecule is COc1cccc(N(C)S(=O)(=O)c2ccsc2-c2nc(-c3ccccc3Cl)no2)c1. The number of halogens is 1. The first kappa shape index (κ1) is 20.4. The highest BCUT2D eigenvalue weighted by Gasteiger charge is 2.29. The van der Waals surface area contributed by atoms with E-state index in [1.165, 1.54) is 35.9 Å². The van der Waals surface area contributed by atoms with Gasteiger partial charge in [0, 0.05) is 18.7 Å². The van der Waals surface area contributed by atoms with Gasteiger partial charge in [-0.05, 0) is 35.7 Å². The van der Waals surface area contributed by atoms with Gasteiger partial charge < -0.3 is 9.26 Å². The molecule has 2 aromatic carbocycles. The van der Waals surface area contributed by atoms with Crippen molar-refractivity contribution in [2.45, 2.75) is 4.90 Å². The maximum absolute atomic E-state index is 13.3. The first-order valence-electron chi connectivity index (χ1n) is 8.71. The number of ether oxygens (including phenoxy) is 1. The van der Waals surface area contributed by atoms with Crippen molar-refractivity contribution in [2.75, 3.05) is 18.5 Å². The van der Waals surface area contributed by atoms with Gasteiger partial charge in [-0.3, -0.25) is 4.31 Å². The van der Waals surface area contributed by atoms with E-state index >= 15 is 0 Å². The number of methoxy groups -OCH3 is 1. The number of anilines is 1. The third-order valence-corrected chi connectivity index (χ3v) is 7.61. The standard InChI is InChI=1S/C20H16ClN3O4S2/c1-24(13-6-5-7-14(12-13)27-2)30(25,26)17-10-11-29-18(17)20-22-19(23-28-20)15-8-3-4-9-16(15)21/h3-12H,1-2H3. The monoisotopic (exact) mass is 461 g/mol. The molecule has 0 saturated carbocycles. The van der Waals surface area contributed by atoms with Gasteiger partial charge >= 0.3 is 0 Å². The van der Waals surface area contributed by atoms with Crippen LogP contribution in [0.1, 0.15) is 0 Å². The van der Waals surface area contributed by atoms with E-state index in [2.05, 4.69) is 10.1 Å². The maximum Gasteiger partial charge on any atom is 0.269 e. The Labute approximate surface area is 182 Å². The Hall–Kier alpha value is -2.88. The molecule has 10 heteroatoms. The minimum atomic E-state index is -3.88. The highest BCUT2D eigenvalue weighted by atomic mass is 35.5. The summed E-state index contributed by atoms with van der Waals surface area (Å²) in [6.45, 7) is 0. The Kier molecular flexibility index (Phi) is 5.50. The van der Waals surface area contributed by atoms with Crippen LogP contribution in [0.15, 0.2) is 69.4 Å². The quantitative estimate of drug-likeness (QED) is 0.403. The number of hydrogen-bond acceptors (Lipinski definition) is 7. The highest BCUT2D eigenvalue weighted by Crippen LogP contribution is 2.36. The zero-order valence-corrected chi connectivity index (χ0v) is 18.3. The van der Waals surface area contributed by atoms with E-state index < -0.39 is 10.0 Å². The minimum absolute atomic E-state index is 0.0761. The van der Waals surface area contributed by atoms with Gasteiger partial charge in [-0.2, -0.15) is 4.98 Å². The molecule has 4 aromatic rings. The second-order valence-corrected chi connectivity index (χ2v) is 9.45. The van der Waals surface area contributed by atoms with Gasteiger partial charge in [0.1, 0.15) is 15.5 Å². The fraction of sp³-hybridized carbons (Fsp3) is 0.100. The van der Waals surface area contributed by atoms with Crippen molar-refractivity contribution in [3.63, 3.8) is 0 Å². The predicted molar refractivity (Wildman–Crippen MR) is 117 cm³/mol. The minimum Gasteiger partial charge on any atom is -0.497 e. The van der Waals surface area contributed by atoms with Crippen molar-refractivity contribution in [3.8, 4) is 27.9 Å². The lowest BCUT2D eigenvalue weighted by Gasteiger charge is -2.19. The summed E-state index contributed by atoms with van der Waals surface area (Å²) in [5.41, 5.74) is 1.07. The number of hydrogen-bond donors (Lipinski definition) is 0. The normalized spacial score (nSPS) is 11.4. The molecule has 0 aliphatic heterocycles. The molecule has 0 atom stereocenters. The molecule has 30 heavy (non-hydrogen) atoms. The van der Waals surface area contributed by atoms with Crippen LogP contribution in [0.3, 0.4) is 0 Å². The van der Waals surface area contributed by atoms with Crippen molar-refractivity contribution < 1.29 is 17.7 Å². The smallest absolute Gasteiger partial charge is 0.269 e. The molecule has 0 bridgehead atoms. The third kappa shape index (κ3) is 3.67. The Morgan fingerprint density at radius 1 is 1.13 bits per heavy atom. The van der Waals surface area contributed by atoms with E-state index in [4.69, 9.17) is 20.9 Å². The Morgan fingerprint density at radius 3 is 2.70 bits per heavy atom. The molecule has 0 unspecified atom stereocenters. The summed E-state index contributed by atoms with van der Waals surface area (Å²) in [4.78, 5) is 4.80. The summed E-state index contributed by atoms with van der Waals surface area (Å²) in [6.07, 6.45) is 0. The zero-order chi connectivity index (χ0) is 21.3. The van der Waals surface area contributed by atoms with Gasteiger partial charge in [0.25, 0.3) is 15.9 Å². The van der Waals surface area contributed by atoms with E-state index in [9.17, 15) is 8.42 Å². The Balaban J connectivity index is 1.72. The maximum atomic E-state index is 13.3. The lowest BCUT2D eigenvalue weighted by molar-refractivity contribution is 0.415. The predicted octanol–water partition coefficient (Wildman–Crippen LogP) is 4.95. The average Bonchev–Trinajstić information content (AvgIpc) is 3.43. The van der Waals surface area contributed by atoms with Gasteiger partial charge in [-0.1, -0.05) is 35.0 Å². The fourth-order valence-electron chi connectivity index (χ4n) is 2.82. The Bertz CT molecular complexity index is 1300. The van der Waals surface area contributed by atoms with Crippen LogP contribution in [-0.4, -0.2) is 32.7 Å². The highest BCUT2D eigenvalue weighted by molar-refractivity contribution is 7.93. The van der Waals surface area contributed by atoms with Crippen LogP contribution in [0, 0.1) is 0 Å². The Morgan fingerprint density at radius 2 is 1.93 bits per heavy atom. The number of sulfonamides is 1. The number of thiophene rings is 1. The molecule has 0 aliphatic rings. The van der Waals surface area contributed by atoms with Crippen molar-refractivity contribution in [1.82, 2.24) is 10.1 Å². The zero-order valence-electron chi connectivity index (χ0n) is 15.9. The number of nitrogens with zero attached hydrogens (tertiary/aromatic N) is 3. The summed E-state index contributed by atoms with van der Waals surface area (Å²) in [5.74, 6) is 0.951. The molecular formula is C20H16ClN3O4S2. The van der Waals surface area contributed by atoms with E-state index in [0.29, 0.717) is 26.9 Å². The van der Waals surface area contributed by atoms with E-state index in [0.717, 1.165) is 0 Å². The first-order valence-corrected chi connectivity index (χ1v) is 11.4. The van der Waals surface area contributed by atoms with E-state index in [1.807, 2.05) is 0 Å². The summed E-state index contributed by atoms with van der Waals surface area (Å²) in [7, 11) is -0.876. The molecule has 154 valence electrons. The molecular weight excluding hydrogens is 446 g/mol. The van der Waals surface area contributed by atoms with Gasteiger partial charge in [-0.25, -0.2) is 8.42 Å². The average molecular weight is 462 g/mol. The van der Waals surface area contributed by atoms with E-state index in [1.54, 1.807) is 53.9 Å². The topological polar surface area (TPSA) is 85.5 Å². The summed E-state index contributed by atoms with van der Waals surface area (Å²) < 4.78 is 38.3. The lowest BCUT2D eigenvalue weighted by atomic mass is 10.2. The summed E-state index contributed by atoms with van der Waals surface area (Å²) in [5, 5.41) is 6.10. The van der Waals surface area contributed by atoms with Crippen molar-refractivity contribution in [1.29, 1.82) is 0 Å². The molecule has 0 spiro atoms. The van der Waals surface area contributed by atoms with E-state index in [-0.39, 0.29) is 16.6 Å². The molecule has 0 amide bonds. The van der Waals surface area contributed by atoms with Crippen molar-refractivity contribution in [3.05, 3.63) is 65.0 Å². The van der Waals surface area contributed by atoms with Crippen molar-refractivity contribution in [2.24, 2.45) is 0 Å². The molecule has 0 fully saturated rings. The number of aromatic nitrogens is 2. The largest absolute Gasteiger partial charge is 0.497 e. The molecule has 0 saturated heterocycles. The molecule has 4 rings (SSSR count). The van der Waals surface area contributed by atoms with Gasteiger partial charge in [0.05, 0.1) is 17.8 Å². The molecule has 2 heterocycles. The fourth-order valence-corrected chi connectivity index (χ4v) is 5.54.